The van der Waals surface area contributed by atoms with Crippen molar-refractivity contribution in [3.05, 3.63) is 0 Å². The van der Waals surface area contributed by atoms with Crippen LogP contribution in [0, 0.1) is 51.8 Å². The summed E-state index contributed by atoms with van der Waals surface area (Å²) in [7, 11) is 1.00. The standard InChI is InChI=1S/C19H35N.C17H31N.C13H25N.C6H12.2C3H8O.C2H6.CH4O/c1-16(2)17-8-10-19(11-9-17)12-14-20(15-13-19)18-6-4-3-5-7-18;1-14(2)15-8-10-17(11-9-15)12-18(13-17)16-6-4-3-5-7-16;1-11(2)12-3-5-13(6-4-12)7-9-14-10-8-13;1-2-4-6-5-3-1;2*1-3(2)4;2*1-2/h16-18H,3-15H2,1-2H3;14-16H,3-13H2,1-2H3;11-12,14H,3-10H2,1-2H3;1-6H2;2*3-4H,1-2H3;1-2H3;2H,1H3. The summed E-state index contributed by atoms with van der Waals surface area (Å²) in [5, 5.41) is 26.6. The second-order valence-electron chi connectivity index (χ2n) is 26.3. The summed E-state index contributed by atoms with van der Waals surface area (Å²) < 4.78 is 0. The molecule has 6 saturated carbocycles. The summed E-state index contributed by atoms with van der Waals surface area (Å²) in [6.45, 7) is 33.6. The molecule has 0 radical (unpaired) electrons. The zero-order valence-electron chi connectivity index (χ0n) is 49.9. The van der Waals surface area contributed by atoms with Crippen molar-refractivity contribution in [3.8, 4) is 0 Å². The van der Waals surface area contributed by atoms with Gasteiger partial charge in [0.2, 0.25) is 0 Å². The molecule has 6 heteroatoms. The molecule has 0 bridgehead atoms. The lowest BCUT2D eigenvalue weighted by atomic mass is 9.63. The lowest BCUT2D eigenvalue weighted by molar-refractivity contribution is -0.0730. The van der Waals surface area contributed by atoms with E-state index in [4.69, 9.17) is 15.3 Å². The summed E-state index contributed by atoms with van der Waals surface area (Å²) in [5.41, 5.74) is 2.29. The van der Waals surface area contributed by atoms with Gasteiger partial charge in [-0.15, -0.1) is 0 Å². The van der Waals surface area contributed by atoms with Crippen LogP contribution < -0.4 is 5.32 Å². The van der Waals surface area contributed by atoms with Gasteiger partial charge >= 0.3 is 0 Å². The molecule has 0 amide bonds. The van der Waals surface area contributed by atoms with Crippen LogP contribution in [-0.4, -0.2) is 95.8 Å². The first kappa shape index (κ1) is 65.9. The Morgan fingerprint density at radius 3 is 0.914 bits per heavy atom. The van der Waals surface area contributed by atoms with Crippen LogP contribution >= 0.6 is 0 Å². The molecule has 9 fully saturated rings. The molecule has 0 aromatic rings. The molecule has 4 N–H and O–H groups in total. The Hall–Kier alpha value is -0.240. The highest BCUT2D eigenvalue weighted by Crippen LogP contribution is 2.50. The van der Waals surface area contributed by atoms with Crippen LogP contribution in [0.1, 0.15) is 289 Å². The molecule has 0 aromatic carbocycles. The largest absolute Gasteiger partial charge is 0.400 e. The van der Waals surface area contributed by atoms with Gasteiger partial charge in [-0.3, -0.25) is 4.90 Å². The molecule has 6 aliphatic carbocycles. The lowest BCUT2D eigenvalue weighted by Crippen LogP contribution is -2.61. The minimum Gasteiger partial charge on any atom is -0.400 e. The number of likely N-dealkylation sites (tertiary alicyclic amines) is 2. The molecule has 3 heterocycles. The molecule has 9 rings (SSSR count). The highest BCUT2D eigenvalue weighted by atomic mass is 16.3. The van der Waals surface area contributed by atoms with E-state index in [0.717, 1.165) is 70.9 Å². The Labute approximate surface area is 439 Å². The molecular weight excluding hydrogens is 859 g/mol. The van der Waals surface area contributed by atoms with Crippen LogP contribution in [0.2, 0.25) is 0 Å². The van der Waals surface area contributed by atoms with Gasteiger partial charge in [-0.1, -0.05) is 132 Å². The molecule has 6 nitrogen and oxygen atoms in total. The first-order valence-electron chi connectivity index (χ1n) is 31.6. The molecule has 0 unspecified atom stereocenters. The summed E-state index contributed by atoms with van der Waals surface area (Å²) in [5.74, 6) is 5.81. The third-order valence-corrected chi connectivity index (χ3v) is 19.4. The van der Waals surface area contributed by atoms with Crippen molar-refractivity contribution in [2.45, 2.75) is 313 Å². The van der Waals surface area contributed by atoms with E-state index in [1.807, 2.05) is 13.8 Å². The Morgan fingerprint density at radius 2 is 0.614 bits per heavy atom. The van der Waals surface area contributed by atoms with Crippen molar-refractivity contribution >= 4 is 0 Å². The van der Waals surface area contributed by atoms with Gasteiger partial charge < -0.3 is 25.5 Å². The number of aliphatic hydroxyl groups excluding tert-OH is 3. The minimum atomic E-state index is -0.167. The Bertz CT molecular complexity index is 1150. The van der Waals surface area contributed by atoms with Gasteiger partial charge in [0.05, 0.1) is 0 Å². The minimum absolute atomic E-state index is 0.167. The smallest absolute Gasteiger partial charge is 0.0483 e. The van der Waals surface area contributed by atoms with E-state index in [1.165, 1.54) is 245 Å². The van der Waals surface area contributed by atoms with Crippen LogP contribution in [0.5, 0.6) is 0 Å². The average Bonchev–Trinajstić information content (AvgIpc) is 3.37. The van der Waals surface area contributed by atoms with E-state index in [-0.39, 0.29) is 12.2 Å². The Morgan fingerprint density at radius 1 is 0.357 bits per heavy atom. The van der Waals surface area contributed by atoms with Gasteiger partial charge in [0.1, 0.15) is 0 Å². The van der Waals surface area contributed by atoms with E-state index < -0.39 is 0 Å². The predicted molar refractivity (Wildman–Crippen MR) is 308 cm³/mol. The lowest BCUT2D eigenvalue weighted by Gasteiger charge is -2.57. The van der Waals surface area contributed by atoms with Gasteiger partial charge in [0.25, 0.3) is 0 Å². The SMILES string of the molecule is C1CCCCC1.CC.CC(C)C1CCC2(CC1)CCN(C1CCCCC1)CC2.CC(C)C1CCC2(CC1)CN(C1CCCCC1)C2.CC(C)C1CCC2(CCNCC2)CC1.CC(C)O.CC(C)O.CO. The molecule has 418 valence electrons. The van der Waals surface area contributed by atoms with Gasteiger partial charge in [-0.2, -0.15) is 0 Å². The number of rotatable bonds is 5. The normalized spacial score (nSPS) is 27.0. The van der Waals surface area contributed by atoms with Gasteiger partial charge in [0.15, 0.2) is 0 Å². The molecule has 0 atom stereocenters. The number of hydrogen-bond acceptors (Lipinski definition) is 6. The fraction of sp³-hybridized carbons (Fsp3) is 1.00. The maximum atomic E-state index is 8.06. The second-order valence-corrected chi connectivity index (χ2v) is 26.3. The summed E-state index contributed by atoms with van der Waals surface area (Å²) >= 11 is 0. The van der Waals surface area contributed by atoms with Gasteiger partial charge in [0, 0.05) is 44.5 Å². The monoisotopic (exact) mass is 988 g/mol. The van der Waals surface area contributed by atoms with E-state index >= 15 is 0 Å². The highest BCUT2D eigenvalue weighted by Gasteiger charge is 2.47. The predicted octanol–water partition coefficient (Wildman–Crippen LogP) is 16.7. The highest BCUT2D eigenvalue weighted by molar-refractivity contribution is 5.01. The third-order valence-electron chi connectivity index (χ3n) is 19.4. The number of aliphatic hydroxyl groups is 3. The van der Waals surface area contributed by atoms with E-state index in [2.05, 4.69) is 56.7 Å². The van der Waals surface area contributed by atoms with Gasteiger partial charge in [-0.25, -0.2) is 0 Å². The Kier molecular flexibility index (Phi) is 34.5. The van der Waals surface area contributed by atoms with Crippen molar-refractivity contribution in [3.63, 3.8) is 0 Å². The Balaban J connectivity index is 0.000000309. The maximum Gasteiger partial charge on any atom is 0.0483 e. The van der Waals surface area contributed by atoms with Crippen molar-refractivity contribution in [1.29, 1.82) is 0 Å². The zero-order chi connectivity index (χ0) is 52.0. The van der Waals surface area contributed by atoms with E-state index in [1.54, 1.807) is 27.7 Å². The molecule has 3 spiro atoms. The molecule has 3 aliphatic heterocycles. The molecule has 9 aliphatic rings. The van der Waals surface area contributed by atoms with Crippen molar-refractivity contribution in [1.82, 2.24) is 15.1 Å². The van der Waals surface area contributed by atoms with Crippen molar-refractivity contribution in [2.75, 3.05) is 46.4 Å². The molecule has 0 aromatic heterocycles. The second kappa shape index (κ2) is 36.7. The molecule has 3 saturated heterocycles. The van der Waals surface area contributed by atoms with Crippen LogP contribution in [0.15, 0.2) is 0 Å². The van der Waals surface area contributed by atoms with Crippen LogP contribution in [0.3, 0.4) is 0 Å². The topological polar surface area (TPSA) is 79.2 Å². The third kappa shape index (κ3) is 25.1. The maximum absolute atomic E-state index is 8.06. The van der Waals surface area contributed by atoms with E-state index in [0.29, 0.717) is 0 Å². The summed E-state index contributed by atoms with van der Waals surface area (Å²) in [6.07, 6.45) is 47.7. The molecule has 70 heavy (non-hydrogen) atoms. The first-order chi connectivity index (χ1) is 33.6. The number of nitrogens with zero attached hydrogens (tertiary/aromatic N) is 2. The van der Waals surface area contributed by atoms with Crippen LogP contribution in [0.4, 0.5) is 0 Å². The van der Waals surface area contributed by atoms with Crippen molar-refractivity contribution < 1.29 is 15.3 Å². The fourth-order valence-electron chi connectivity index (χ4n) is 14.4. The van der Waals surface area contributed by atoms with E-state index in [9.17, 15) is 0 Å². The quantitative estimate of drug-likeness (QED) is 0.220. The fourth-order valence-corrected chi connectivity index (χ4v) is 14.4. The van der Waals surface area contributed by atoms with Gasteiger partial charge in [-0.05, 0) is 234 Å². The number of piperidine rings is 2. The number of hydrogen-bond donors (Lipinski definition) is 4. The average molecular weight is 989 g/mol. The number of nitrogens with one attached hydrogen (secondary N) is 1. The van der Waals surface area contributed by atoms with Crippen LogP contribution in [-0.2, 0) is 0 Å². The molecular formula is C64H129N3O3. The summed E-state index contributed by atoms with van der Waals surface area (Å²) in [4.78, 5) is 5.69. The van der Waals surface area contributed by atoms with Crippen molar-refractivity contribution in [2.24, 2.45) is 51.8 Å². The zero-order valence-corrected chi connectivity index (χ0v) is 49.9. The first-order valence-corrected chi connectivity index (χ1v) is 31.6. The van der Waals surface area contributed by atoms with Crippen LogP contribution in [0.25, 0.3) is 0 Å². The summed E-state index contributed by atoms with van der Waals surface area (Å²) in [6, 6.07) is 1.92.